The highest BCUT2D eigenvalue weighted by Crippen LogP contribution is 2.56. The third-order valence-electron chi connectivity index (χ3n) is 12.6. The Morgan fingerprint density at radius 1 is 0.407 bits per heavy atom. The smallest absolute Gasteiger partial charge is 0.0582 e. The first-order chi connectivity index (χ1) is 26.1. The first kappa shape index (κ1) is 31.6. The third-order valence-corrected chi connectivity index (χ3v) is 12.6. The van der Waals surface area contributed by atoms with Crippen LogP contribution in [0, 0.1) is 0 Å². The lowest BCUT2D eigenvalue weighted by molar-refractivity contribution is 0.587. The molecule has 1 aliphatic heterocycles. The van der Waals surface area contributed by atoms with Crippen molar-refractivity contribution in [1.82, 2.24) is 9.13 Å². The molecule has 2 unspecified atom stereocenters. The van der Waals surface area contributed by atoms with Crippen molar-refractivity contribution in [3.05, 3.63) is 190 Å². The summed E-state index contributed by atoms with van der Waals surface area (Å²) in [5.74, 6) is 0.289. The molecule has 2 aliphatic rings. The van der Waals surface area contributed by atoms with Crippen molar-refractivity contribution < 1.29 is 0 Å². The third kappa shape index (κ3) is 4.28. The molecule has 2 aromatic heterocycles. The van der Waals surface area contributed by atoms with Crippen LogP contribution in [0.2, 0.25) is 0 Å². The molecule has 3 heterocycles. The number of nitrogens with zero attached hydrogens (tertiary/aromatic N) is 2. The Labute approximate surface area is 317 Å². The molecule has 9 aromatic rings. The molecular formula is C52H44N2. The minimum absolute atomic E-state index is 0.0374. The predicted octanol–water partition coefficient (Wildman–Crippen LogP) is 13.5. The molecule has 0 spiro atoms. The molecular weight excluding hydrogens is 653 g/mol. The fourth-order valence-electron chi connectivity index (χ4n) is 9.96. The Morgan fingerprint density at radius 3 is 1.83 bits per heavy atom. The van der Waals surface area contributed by atoms with Crippen molar-refractivity contribution >= 4 is 43.6 Å². The average molecular weight is 697 g/mol. The largest absolute Gasteiger partial charge is 0.309 e. The number of rotatable bonds is 2. The van der Waals surface area contributed by atoms with Crippen molar-refractivity contribution in [2.45, 2.75) is 64.2 Å². The number of hydrogen-bond acceptors (Lipinski definition) is 0. The first-order valence-electron chi connectivity index (χ1n) is 19.5. The van der Waals surface area contributed by atoms with Crippen LogP contribution in [0.1, 0.15) is 97.9 Å². The van der Waals surface area contributed by atoms with Crippen LogP contribution in [0.25, 0.3) is 55.0 Å². The van der Waals surface area contributed by atoms with Gasteiger partial charge in [0.1, 0.15) is 0 Å². The van der Waals surface area contributed by atoms with E-state index in [0.717, 1.165) is 0 Å². The quantitative estimate of drug-likeness (QED) is 0.170. The molecule has 0 fully saturated rings. The summed E-state index contributed by atoms with van der Waals surface area (Å²) in [5, 5.41) is 5.21. The molecule has 0 N–H and O–H groups in total. The van der Waals surface area contributed by atoms with E-state index < -0.39 is 0 Å². The maximum atomic E-state index is 2.61. The molecule has 2 heteroatoms. The van der Waals surface area contributed by atoms with E-state index in [0.29, 0.717) is 0 Å². The maximum Gasteiger partial charge on any atom is 0.0582 e. The van der Waals surface area contributed by atoms with Crippen LogP contribution < -0.4 is 0 Å². The van der Waals surface area contributed by atoms with Gasteiger partial charge in [0, 0.05) is 39.1 Å². The second kappa shape index (κ2) is 10.9. The Morgan fingerprint density at radius 2 is 1.06 bits per heavy atom. The van der Waals surface area contributed by atoms with E-state index in [1.54, 1.807) is 0 Å². The molecule has 0 bridgehead atoms. The molecule has 7 aromatic carbocycles. The zero-order valence-electron chi connectivity index (χ0n) is 31.9. The lowest BCUT2D eigenvalue weighted by atomic mass is 9.65. The van der Waals surface area contributed by atoms with Gasteiger partial charge in [-0.1, -0.05) is 151 Å². The Balaban J connectivity index is 1.25. The minimum atomic E-state index is 0.0374. The topological polar surface area (TPSA) is 9.86 Å². The zero-order chi connectivity index (χ0) is 36.7. The Kier molecular flexibility index (Phi) is 6.36. The van der Waals surface area contributed by atoms with Crippen molar-refractivity contribution in [2.24, 2.45) is 0 Å². The van der Waals surface area contributed by atoms with Gasteiger partial charge in [-0.25, -0.2) is 0 Å². The second-order valence-electron chi connectivity index (χ2n) is 17.8. The summed E-state index contributed by atoms with van der Waals surface area (Å²) >= 11 is 0. The van der Waals surface area contributed by atoms with E-state index >= 15 is 0 Å². The van der Waals surface area contributed by atoms with Crippen molar-refractivity contribution in [1.29, 1.82) is 0 Å². The van der Waals surface area contributed by atoms with E-state index in [1.165, 1.54) is 99.5 Å². The lowest BCUT2D eigenvalue weighted by Gasteiger charge is -2.40. The summed E-state index contributed by atoms with van der Waals surface area (Å²) < 4.78 is 5.06. The van der Waals surface area contributed by atoms with Crippen LogP contribution in [-0.2, 0) is 10.8 Å². The lowest BCUT2D eigenvalue weighted by Crippen LogP contribution is -2.26. The van der Waals surface area contributed by atoms with Crippen LogP contribution >= 0.6 is 0 Å². The fraction of sp³-hybridized carbons (Fsp3) is 0.192. The monoisotopic (exact) mass is 696 g/mol. The van der Waals surface area contributed by atoms with Gasteiger partial charge in [0.25, 0.3) is 0 Å². The summed E-state index contributed by atoms with van der Waals surface area (Å²) in [5.41, 5.74) is 18.9. The number of fused-ring (bicyclic) bond motifs is 10. The van der Waals surface area contributed by atoms with Crippen LogP contribution in [0.3, 0.4) is 0 Å². The number of hydrogen-bond donors (Lipinski definition) is 0. The normalized spacial score (nSPS) is 16.3. The Hall–Kier alpha value is -5.86. The van der Waals surface area contributed by atoms with E-state index in [9.17, 15) is 0 Å². The molecule has 2 nitrogen and oxygen atoms in total. The maximum absolute atomic E-state index is 2.61. The summed E-state index contributed by atoms with van der Waals surface area (Å²) in [4.78, 5) is 0. The molecule has 1 aliphatic carbocycles. The number of benzene rings is 7. The molecule has 11 rings (SSSR count). The molecule has 0 saturated carbocycles. The van der Waals surface area contributed by atoms with Gasteiger partial charge in [-0.05, 0) is 91.7 Å². The summed E-state index contributed by atoms with van der Waals surface area (Å²) in [6.07, 6.45) is 0. The van der Waals surface area contributed by atoms with Gasteiger partial charge in [0.05, 0.1) is 27.8 Å². The highest BCUT2D eigenvalue weighted by Gasteiger charge is 2.41. The fourth-order valence-corrected chi connectivity index (χ4v) is 9.96. The van der Waals surface area contributed by atoms with E-state index in [2.05, 4.69) is 196 Å². The summed E-state index contributed by atoms with van der Waals surface area (Å²) in [7, 11) is 0. The minimum Gasteiger partial charge on any atom is -0.309 e. The SMILES string of the molecule is CC(C)(C)c1ccc(C2c3ccc(C(C)(C)C)cc3C3c4c2cccc4-n2c4cc5c(cc4c4cccc3c42)c2ccccc2n5-c2ccccc2)cc1. The van der Waals surface area contributed by atoms with Gasteiger partial charge in [-0.2, -0.15) is 0 Å². The predicted molar refractivity (Wildman–Crippen MR) is 227 cm³/mol. The molecule has 0 saturated heterocycles. The molecule has 0 amide bonds. The van der Waals surface area contributed by atoms with E-state index in [1.807, 2.05) is 0 Å². The van der Waals surface area contributed by atoms with Gasteiger partial charge in [0.2, 0.25) is 0 Å². The standard InChI is InChI=1S/C52H44N2/c1-51(2,3)32-24-22-31(23-25-32)47-36-27-26-33(52(4,5)6)28-42(36)48-39-19-12-17-37-41-29-40-35-16-10-11-20-43(35)53(34-14-8-7-9-15-34)45(40)30-46(41)54(50(37)39)44-21-13-18-38(47)49(44)48/h7-30,47-48H,1-6H3. The highest BCUT2D eigenvalue weighted by molar-refractivity contribution is 6.20. The summed E-state index contributed by atoms with van der Waals surface area (Å²) in [6.45, 7) is 13.9. The second-order valence-corrected chi connectivity index (χ2v) is 17.8. The summed E-state index contributed by atoms with van der Waals surface area (Å²) in [6, 6.07) is 55.7. The van der Waals surface area contributed by atoms with Gasteiger partial charge < -0.3 is 9.13 Å². The van der Waals surface area contributed by atoms with Crippen molar-refractivity contribution in [3.63, 3.8) is 0 Å². The molecule has 0 radical (unpaired) electrons. The van der Waals surface area contributed by atoms with Crippen LogP contribution in [-0.4, -0.2) is 9.13 Å². The first-order valence-corrected chi connectivity index (χ1v) is 19.5. The van der Waals surface area contributed by atoms with Crippen molar-refractivity contribution in [3.8, 4) is 11.4 Å². The van der Waals surface area contributed by atoms with Crippen molar-refractivity contribution in [2.75, 3.05) is 0 Å². The van der Waals surface area contributed by atoms with Gasteiger partial charge in [-0.15, -0.1) is 0 Å². The van der Waals surface area contributed by atoms with E-state index in [4.69, 9.17) is 0 Å². The van der Waals surface area contributed by atoms with Crippen LogP contribution in [0.4, 0.5) is 0 Å². The molecule has 54 heavy (non-hydrogen) atoms. The Bertz CT molecular complexity index is 2990. The highest BCUT2D eigenvalue weighted by atomic mass is 15.0. The van der Waals surface area contributed by atoms with Gasteiger partial charge >= 0.3 is 0 Å². The van der Waals surface area contributed by atoms with Gasteiger partial charge in [-0.3, -0.25) is 0 Å². The van der Waals surface area contributed by atoms with Gasteiger partial charge in [0.15, 0.2) is 0 Å². The number of para-hydroxylation sites is 3. The average Bonchev–Trinajstić information content (AvgIpc) is 3.67. The zero-order valence-corrected chi connectivity index (χ0v) is 31.9. The van der Waals surface area contributed by atoms with Crippen LogP contribution in [0.15, 0.2) is 146 Å². The molecule has 262 valence electrons. The van der Waals surface area contributed by atoms with Crippen LogP contribution in [0.5, 0.6) is 0 Å². The molecule has 2 atom stereocenters. The number of aromatic nitrogens is 2. The van der Waals surface area contributed by atoms with E-state index in [-0.39, 0.29) is 22.7 Å².